The predicted octanol–water partition coefficient (Wildman–Crippen LogP) is 2.32. The van der Waals surface area contributed by atoms with E-state index in [1.54, 1.807) is 0 Å². The molecule has 0 radical (unpaired) electrons. The lowest BCUT2D eigenvalue weighted by Crippen LogP contribution is -2.48. The van der Waals surface area contributed by atoms with Crippen LogP contribution in [0.2, 0.25) is 0 Å². The van der Waals surface area contributed by atoms with Crippen molar-refractivity contribution in [1.29, 1.82) is 0 Å². The molecule has 1 fully saturated rings. The molecule has 194 valence electrons. The van der Waals surface area contributed by atoms with Crippen molar-refractivity contribution in [3.63, 3.8) is 0 Å². The second kappa shape index (κ2) is 9.78. The fourth-order valence-electron chi connectivity index (χ4n) is 4.25. The Morgan fingerprint density at radius 1 is 1.27 bits per heavy atom. The average Bonchev–Trinajstić information content (AvgIpc) is 3.31. The normalized spacial score (nSPS) is 17.4. The number of hydrogen-bond donors (Lipinski definition) is 3. The SMILES string of the molecule is O=C(Nc1cnnc(OCC(O)CO)c1)N1c2nc(-c3cccc(C(F)(F)F)c3)ncc2N2CC[C@H]1C2. The van der Waals surface area contributed by atoms with E-state index in [4.69, 9.17) is 9.84 Å². The molecule has 3 aromatic rings. The quantitative estimate of drug-likeness (QED) is 0.450. The van der Waals surface area contributed by atoms with Gasteiger partial charge in [-0.25, -0.2) is 14.8 Å². The Labute approximate surface area is 208 Å². The van der Waals surface area contributed by atoms with E-state index in [1.165, 1.54) is 35.5 Å². The van der Waals surface area contributed by atoms with Crippen LogP contribution in [0.4, 0.5) is 35.2 Å². The minimum Gasteiger partial charge on any atom is -0.474 e. The van der Waals surface area contributed by atoms with Gasteiger partial charge < -0.3 is 25.2 Å². The Morgan fingerprint density at radius 2 is 2.11 bits per heavy atom. The number of fused-ring (bicyclic) bond motifs is 4. The summed E-state index contributed by atoms with van der Waals surface area (Å²) in [6, 6.07) is 5.40. The van der Waals surface area contributed by atoms with Crippen LogP contribution in [-0.4, -0.2) is 74.9 Å². The Balaban J connectivity index is 1.42. The zero-order chi connectivity index (χ0) is 26.2. The molecule has 14 heteroatoms. The van der Waals surface area contributed by atoms with E-state index in [2.05, 4.69) is 25.5 Å². The first kappa shape index (κ1) is 24.6. The molecule has 37 heavy (non-hydrogen) atoms. The van der Waals surface area contributed by atoms with Gasteiger partial charge in [0.15, 0.2) is 11.6 Å². The molecule has 5 rings (SSSR count). The summed E-state index contributed by atoms with van der Waals surface area (Å²) in [5.74, 6) is 0.387. The lowest BCUT2D eigenvalue weighted by atomic mass is 10.1. The highest BCUT2D eigenvalue weighted by atomic mass is 19.4. The Hall–Kier alpha value is -4.04. The summed E-state index contributed by atoms with van der Waals surface area (Å²) in [6.07, 6.45) is -2.11. The van der Waals surface area contributed by atoms with Gasteiger partial charge in [-0.2, -0.15) is 18.3 Å². The highest BCUT2D eigenvalue weighted by Gasteiger charge is 2.41. The molecule has 0 saturated carbocycles. The summed E-state index contributed by atoms with van der Waals surface area (Å²) in [6.45, 7) is 0.542. The number of nitrogens with zero attached hydrogens (tertiary/aromatic N) is 6. The van der Waals surface area contributed by atoms with E-state index in [-0.39, 0.29) is 35.6 Å². The van der Waals surface area contributed by atoms with Gasteiger partial charge in [0.25, 0.3) is 0 Å². The molecule has 1 saturated heterocycles. The first-order chi connectivity index (χ1) is 17.7. The third-order valence-corrected chi connectivity index (χ3v) is 6.03. The van der Waals surface area contributed by atoms with Crippen molar-refractivity contribution in [3.8, 4) is 17.3 Å². The van der Waals surface area contributed by atoms with Crippen molar-refractivity contribution in [1.82, 2.24) is 20.2 Å². The van der Waals surface area contributed by atoms with Crippen molar-refractivity contribution in [2.75, 3.05) is 41.4 Å². The predicted molar refractivity (Wildman–Crippen MR) is 125 cm³/mol. The molecule has 3 N–H and O–H groups in total. The summed E-state index contributed by atoms with van der Waals surface area (Å²) < 4.78 is 45.0. The Kier molecular flexibility index (Phi) is 6.52. The molecule has 2 bridgehead atoms. The molecule has 0 aliphatic carbocycles. The number of nitrogens with one attached hydrogen (secondary N) is 1. The Bertz CT molecular complexity index is 1310. The summed E-state index contributed by atoms with van der Waals surface area (Å²) in [5.41, 5.74) is 0.229. The number of urea groups is 1. The van der Waals surface area contributed by atoms with Crippen molar-refractivity contribution in [2.24, 2.45) is 0 Å². The molecule has 4 heterocycles. The zero-order valence-corrected chi connectivity index (χ0v) is 19.3. The third-order valence-electron chi connectivity index (χ3n) is 6.03. The van der Waals surface area contributed by atoms with Crippen LogP contribution in [0.1, 0.15) is 12.0 Å². The lowest BCUT2D eigenvalue weighted by Gasteiger charge is -2.35. The lowest BCUT2D eigenvalue weighted by molar-refractivity contribution is -0.137. The number of hydrogen-bond acceptors (Lipinski definition) is 9. The van der Waals surface area contributed by atoms with Gasteiger partial charge in [-0.15, -0.1) is 5.10 Å². The molecule has 1 unspecified atom stereocenters. The van der Waals surface area contributed by atoms with Gasteiger partial charge in [0.2, 0.25) is 5.88 Å². The first-order valence-electron chi connectivity index (χ1n) is 11.4. The van der Waals surface area contributed by atoms with E-state index in [9.17, 15) is 23.1 Å². The molecular formula is C23H22F3N7O4. The summed E-state index contributed by atoms with van der Waals surface area (Å²) in [5, 5.41) is 28.6. The number of aliphatic hydroxyl groups is 2. The maximum atomic E-state index is 13.4. The topological polar surface area (TPSA) is 137 Å². The van der Waals surface area contributed by atoms with E-state index in [0.717, 1.165) is 12.1 Å². The largest absolute Gasteiger partial charge is 0.474 e. The maximum absolute atomic E-state index is 13.4. The Morgan fingerprint density at radius 3 is 2.89 bits per heavy atom. The molecule has 2 atom stereocenters. The molecule has 2 amide bonds. The van der Waals surface area contributed by atoms with Crippen molar-refractivity contribution >= 4 is 23.2 Å². The fourth-order valence-corrected chi connectivity index (χ4v) is 4.25. The molecule has 1 aromatic carbocycles. The van der Waals surface area contributed by atoms with Crippen LogP contribution in [0, 0.1) is 0 Å². The smallest absolute Gasteiger partial charge is 0.416 e. The number of alkyl halides is 3. The standard InChI is InChI=1S/C23H22F3N7O4/c24-23(25,26)14-3-1-2-13(6-14)20-27-9-18-21(30-20)33(16-4-5-32(18)10-16)22(36)29-15-7-19(31-28-8-15)37-12-17(35)11-34/h1-3,6-9,16-17,34-35H,4-5,10-12H2,(H,29,31,36)/t16-,17?/m0/s1. The van der Waals surface area contributed by atoms with E-state index >= 15 is 0 Å². The highest BCUT2D eigenvalue weighted by molar-refractivity contribution is 6.04. The molecule has 11 nitrogen and oxygen atoms in total. The molecule has 2 aliphatic rings. The number of ether oxygens (including phenoxy) is 1. The van der Waals surface area contributed by atoms with Gasteiger partial charge in [0, 0.05) is 24.7 Å². The highest BCUT2D eigenvalue weighted by Crippen LogP contribution is 2.40. The van der Waals surface area contributed by atoms with Crippen molar-refractivity contribution in [2.45, 2.75) is 24.7 Å². The summed E-state index contributed by atoms with van der Waals surface area (Å²) in [7, 11) is 0. The van der Waals surface area contributed by atoms with Crippen LogP contribution in [0.25, 0.3) is 11.4 Å². The van der Waals surface area contributed by atoms with Gasteiger partial charge in [-0.1, -0.05) is 12.1 Å². The second-order valence-electron chi connectivity index (χ2n) is 8.60. The molecule has 2 aromatic heterocycles. The van der Waals surface area contributed by atoms with Gasteiger partial charge in [0.1, 0.15) is 12.7 Å². The number of aliphatic hydroxyl groups excluding tert-OH is 2. The number of rotatable bonds is 6. The van der Waals surface area contributed by atoms with Gasteiger partial charge in [-0.05, 0) is 18.6 Å². The monoisotopic (exact) mass is 517 g/mol. The molecule has 2 aliphatic heterocycles. The van der Waals surface area contributed by atoms with E-state index in [0.29, 0.717) is 31.0 Å². The first-order valence-corrected chi connectivity index (χ1v) is 11.4. The van der Waals surface area contributed by atoms with Gasteiger partial charge in [0.05, 0.1) is 42.0 Å². The zero-order valence-electron chi connectivity index (χ0n) is 19.3. The van der Waals surface area contributed by atoms with Crippen LogP contribution < -0.4 is 19.9 Å². The number of benzene rings is 1. The molecule has 0 spiro atoms. The number of anilines is 3. The number of halogens is 3. The van der Waals surface area contributed by atoms with Crippen LogP contribution >= 0.6 is 0 Å². The van der Waals surface area contributed by atoms with Gasteiger partial charge >= 0.3 is 12.2 Å². The van der Waals surface area contributed by atoms with Crippen LogP contribution in [0.15, 0.2) is 42.7 Å². The summed E-state index contributed by atoms with van der Waals surface area (Å²) in [4.78, 5) is 25.7. The minimum absolute atomic E-state index is 0.0329. The van der Waals surface area contributed by atoms with E-state index < -0.39 is 30.5 Å². The number of amides is 2. The number of aromatic nitrogens is 4. The second-order valence-corrected chi connectivity index (χ2v) is 8.60. The average molecular weight is 517 g/mol. The fraction of sp³-hybridized carbons (Fsp3) is 0.348. The van der Waals surface area contributed by atoms with Crippen molar-refractivity contribution < 1.29 is 32.9 Å². The number of carbonyl (C=O) groups is 1. The number of carbonyl (C=O) groups excluding carboxylic acids is 1. The van der Waals surface area contributed by atoms with Crippen LogP contribution in [-0.2, 0) is 6.18 Å². The van der Waals surface area contributed by atoms with Crippen molar-refractivity contribution in [3.05, 3.63) is 48.3 Å². The van der Waals surface area contributed by atoms with Gasteiger partial charge in [-0.3, -0.25) is 4.90 Å². The van der Waals surface area contributed by atoms with Crippen LogP contribution in [0.5, 0.6) is 5.88 Å². The maximum Gasteiger partial charge on any atom is 0.416 e. The summed E-state index contributed by atoms with van der Waals surface area (Å²) >= 11 is 0. The third kappa shape index (κ3) is 5.11. The van der Waals surface area contributed by atoms with E-state index in [1.807, 2.05) is 4.90 Å². The molecular weight excluding hydrogens is 495 g/mol. The van der Waals surface area contributed by atoms with Crippen LogP contribution in [0.3, 0.4) is 0 Å². The minimum atomic E-state index is -4.52.